The number of phenolic OH excluding ortho intramolecular Hbond substituents is 3. The van der Waals surface area contributed by atoms with E-state index in [1.807, 2.05) is 0 Å². The van der Waals surface area contributed by atoms with Crippen LogP contribution in [0, 0.1) is 0 Å². The second kappa shape index (κ2) is 8.17. The maximum atomic E-state index is 13.3. The number of phenols is 3. The first-order valence-electron chi connectivity index (χ1n) is 11.9. The Labute approximate surface area is 221 Å². The first-order valence-corrected chi connectivity index (χ1v) is 11.9. The topological polar surface area (TPSA) is 189 Å². The molecule has 0 amide bonds. The molecule has 7 rings (SSSR count). The van der Waals surface area contributed by atoms with Crippen molar-refractivity contribution < 1.29 is 43.8 Å². The first kappa shape index (κ1) is 23.5. The molecule has 5 aromatic rings. The molecule has 1 atom stereocenters. The zero-order valence-corrected chi connectivity index (χ0v) is 20.2. The van der Waals surface area contributed by atoms with Gasteiger partial charge in [-0.15, -0.1) is 0 Å². The van der Waals surface area contributed by atoms with Gasteiger partial charge in [0.1, 0.15) is 22.5 Å². The molecule has 0 bridgehead atoms. The van der Waals surface area contributed by atoms with E-state index in [0.29, 0.717) is 22.4 Å². The SMILES string of the molecule is O=C1C[C@@H](c2cc3cc4c(cc3[nH]c2=O)OCO4)c2c(cc(O)c3c(=O)c(O)c(-c4ccc(O)c(O)c4)oc23)O1. The molecule has 0 saturated heterocycles. The summed E-state index contributed by atoms with van der Waals surface area (Å²) in [5.41, 5.74) is -0.980. The number of esters is 1. The lowest BCUT2D eigenvalue weighted by Gasteiger charge is -2.25. The molecule has 2 aliphatic rings. The molecule has 0 radical (unpaired) electrons. The minimum atomic E-state index is -1.00. The third kappa shape index (κ3) is 3.35. The van der Waals surface area contributed by atoms with Gasteiger partial charge in [-0.25, -0.2) is 0 Å². The van der Waals surface area contributed by atoms with Crippen LogP contribution in [0.25, 0.3) is 33.2 Å². The Morgan fingerprint density at radius 1 is 0.825 bits per heavy atom. The van der Waals surface area contributed by atoms with Gasteiger partial charge in [0.2, 0.25) is 18.0 Å². The molecule has 4 heterocycles. The number of hydrogen-bond donors (Lipinski definition) is 5. The van der Waals surface area contributed by atoms with E-state index in [2.05, 4.69) is 4.98 Å². The van der Waals surface area contributed by atoms with Crippen molar-refractivity contribution in [2.24, 2.45) is 0 Å². The second-order valence-corrected chi connectivity index (χ2v) is 9.40. The van der Waals surface area contributed by atoms with E-state index in [-0.39, 0.29) is 47.0 Å². The number of fused-ring (bicyclic) bond motifs is 5. The Hall–Kier alpha value is -5.65. The molecule has 12 nitrogen and oxygen atoms in total. The maximum absolute atomic E-state index is 13.3. The number of pyridine rings is 1. The van der Waals surface area contributed by atoms with E-state index < -0.39 is 51.3 Å². The predicted octanol–water partition coefficient (Wildman–Crippen LogP) is 3.29. The third-order valence-electron chi connectivity index (χ3n) is 7.04. The highest BCUT2D eigenvalue weighted by atomic mass is 16.7. The van der Waals surface area contributed by atoms with Crippen LogP contribution in [0.1, 0.15) is 23.5 Å². The summed E-state index contributed by atoms with van der Waals surface area (Å²) in [4.78, 5) is 42.0. The van der Waals surface area contributed by atoms with Crippen LogP contribution >= 0.6 is 0 Å². The molecular formula is C28H17NO11. The summed E-state index contributed by atoms with van der Waals surface area (Å²) >= 11 is 0. The summed E-state index contributed by atoms with van der Waals surface area (Å²) in [6.45, 7) is 0.0348. The molecule has 5 N–H and O–H groups in total. The van der Waals surface area contributed by atoms with E-state index in [9.17, 15) is 34.8 Å². The van der Waals surface area contributed by atoms with Gasteiger partial charge >= 0.3 is 5.97 Å². The molecule has 3 aromatic carbocycles. The van der Waals surface area contributed by atoms with Gasteiger partial charge in [-0.3, -0.25) is 14.4 Å². The van der Waals surface area contributed by atoms with E-state index in [1.54, 1.807) is 18.2 Å². The van der Waals surface area contributed by atoms with E-state index in [0.717, 1.165) is 18.2 Å². The number of aromatic nitrogens is 1. The van der Waals surface area contributed by atoms with Crippen molar-refractivity contribution in [2.75, 3.05) is 6.79 Å². The number of ether oxygens (including phenoxy) is 3. The van der Waals surface area contributed by atoms with Crippen LogP contribution in [0.2, 0.25) is 0 Å². The van der Waals surface area contributed by atoms with Crippen LogP contribution < -0.4 is 25.2 Å². The van der Waals surface area contributed by atoms with Gasteiger partial charge < -0.3 is 44.0 Å². The van der Waals surface area contributed by atoms with Gasteiger partial charge in [-0.05, 0) is 30.3 Å². The predicted molar refractivity (Wildman–Crippen MR) is 137 cm³/mol. The minimum absolute atomic E-state index is 0.0348. The largest absolute Gasteiger partial charge is 0.507 e. The monoisotopic (exact) mass is 543 g/mol. The van der Waals surface area contributed by atoms with Crippen molar-refractivity contribution in [2.45, 2.75) is 12.3 Å². The molecule has 0 fully saturated rings. The number of benzene rings is 3. The van der Waals surface area contributed by atoms with Crippen LogP contribution in [0.5, 0.6) is 40.2 Å². The highest BCUT2D eigenvalue weighted by molar-refractivity contribution is 5.94. The van der Waals surface area contributed by atoms with Crippen LogP contribution in [-0.4, -0.2) is 38.2 Å². The Morgan fingerprint density at radius 3 is 2.38 bits per heavy atom. The highest BCUT2D eigenvalue weighted by Crippen LogP contribution is 2.47. The average molecular weight is 543 g/mol. The molecule has 0 saturated carbocycles. The minimum Gasteiger partial charge on any atom is -0.507 e. The van der Waals surface area contributed by atoms with Crippen molar-refractivity contribution in [1.82, 2.24) is 4.98 Å². The Bertz CT molecular complexity index is 2060. The third-order valence-corrected chi connectivity index (χ3v) is 7.04. The molecule has 0 unspecified atom stereocenters. The molecule has 12 heteroatoms. The Kier molecular flexibility index (Phi) is 4.79. The fourth-order valence-electron chi connectivity index (χ4n) is 5.18. The van der Waals surface area contributed by atoms with Gasteiger partial charge in [0.15, 0.2) is 28.8 Å². The van der Waals surface area contributed by atoms with Gasteiger partial charge in [-0.2, -0.15) is 0 Å². The second-order valence-electron chi connectivity index (χ2n) is 9.40. The smallest absolute Gasteiger partial charge is 0.312 e. The summed E-state index contributed by atoms with van der Waals surface area (Å²) in [5, 5.41) is 41.2. The fourth-order valence-corrected chi connectivity index (χ4v) is 5.18. The molecule has 0 spiro atoms. The summed E-state index contributed by atoms with van der Waals surface area (Å²) in [5.74, 6) is -3.69. The van der Waals surface area contributed by atoms with Crippen molar-refractivity contribution in [3.05, 3.63) is 74.2 Å². The van der Waals surface area contributed by atoms with Crippen molar-refractivity contribution in [3.8, 4) is 51.6 Å². The van der Waals surface area contributed by atoms with E-state index in [4.69, 9.17) is 18.6 Å². The lowest BCUT2D eigenvalue weighted by atomic mass is 9.85. The van der Waals surface area contributed by atoms with Crippen LogP contribution in [0.4, 0.5) is 0 Å². The standard InChI is InChI=1S/C28H17NO11/c30-15-2-1-10(4-16(15)31)26-25(35)24(34)23-17(32)8-20-22(27(23)40-26)12(6-21(33)39-20)13-3-11-5-18-19(38-9-37-18)7-14(11)29-28(13)36/h1-5,7-8,12,30-32,35H,6,9H2,(H,29,36)/t12-/m0/s1. The zero-order valence-electron chi connectivity index (χ0n) is 20.2. The Morgan fingerprint density at radius 2 is 1.60 bits per heavy atom. The quantitative estimate of drug-likeness (QED) is 0.125. The van der Waals surface area contributed by atoms with Gasteiger partial charge in [0, 0.05) is 40.1 Å². The molecule has 2 aromatic heterocycles. The summed E-state index contributed by atoms with van der Waals surface area (Å²) < 4.78 is 22.1. The van der Waals surface area contributed by atoms with Crippen molar-refractivity contribution in [1.29, 1.82) is 0 Å². The summed E-state index contributed by atoms with van der Waals surface area (Å²) in [7, 11) is 0. The average Bonchev–Trinajstić information content (AvgIpc) is 3.37. The lowest BCUT2D eigenvalue weighted by Crippen LogP contribution is -2.26. The zero-order chi connectivity index (χ0) is 27.9. The lowest BCUT2D eigenvalue weighted by molar-refractivity contribution is -0.135. The van der Waals surface area contributed by atoms with Crippen LogP contribution in [0.3, 0.4) is 0 Å². The number of aromatic hydroxyl groups is 4. The van der Waals surface area contributed by atoms with Crippen molar-refractivity contribution in [3.63, 3.8) is 0 Å². The number of hydrogen-bond acceptors (Lipinski definition) is 11. The summed E-state index contributed by atoms with van der Waals surface area (Å²) in [6.07, 6.45) is -0.300. The van der Waals surface area contributed by atoms with Crippen LogP contribution in [0.15, 0.2) is 56.5 Å². The normalized spacial score (nSPS) is 15.8. The van der Waals surface area contributed by atoms with E-state index in [1.165, 1.54) is 6.07 Å². The number of H-pyrrole nitrogens is 1. The summed E-state index contributed by atoms with van der Waals surface area (Å²) in [6, 6.07) is 9.45. The highest BCUT2D eigenvalue weighted by Gasteiger charge is 2.36. The number of nitrogens with one attached hydrogen (secondary N) is 1. The molecular weight excluding hydrogens is 526 g/mol. The molecule has 2 aliphatic heterocycles. The number of aromatic amines is 1. The maximum Gasteiger partial charge on any atom is 0.312 e. The molecule has 40 heavy (non-hydrogen) atoms. The number of carbonyl (C=O) groups excluding carboxylic acids is 1. The van der Waals surface area contributed by atoms with Gasteiger partial charge in [-0.1, -0.05) is 0 Å². The van der Waals surface area contributed by atoms with Gasteiger partial charge in [0.25, 0.3) is 5.56 Å². The molecule has 0 aliphatic carbocycles. The van der Waals surface area contributed by atoms with Crippen molar-refractivity contribution >= 4 is 27.8 Å². The Balaban J connectivity index is 1.52. The number of carbonyl (C=O) groups is 1. The first-order chi connectivity index (χ1) is 19.2. The van der Waals surface area contributed by atoms with Gasteiger partial charge in [0.05, 0.1) is 11.9 Å². The number of rotatable bonds is 2. The van der Waals surface area contributed by atoms with E-state index >= 15 is 0 Å². The molecule has 200 valence electrons. The van der Waals surface area contributed by atoms with Crippen LogP contribution in [-0.2, 0) is 4.79 Å². The fraction of sp³-hybridized carbons (Fsp3) is 0.107.